The van der Waals surface area contributed by atoms with Gasteiger partial charge in [-0.05, 0) is 32.6 Å². The lowest BCUT2D eigenvalue weighted by molar-refractivity contribution is 0.0894. The standard InChI is InChI=1S/C18H18N4O3/c1-11(18-20-16(22-25-18)12-7-3-2-4-8-12)19-17(23)15-13-9-5-6-10-14(13)21-24-15/h2-4,7-8,11H,5-6,9-10H2,1H3,(H,19,23)/t11-/m1/s1. The van der Waals surface area contributed by atoms with Gasteiger partial charge in [-0.25, -0.2) is 0 Å². The summed E-state index contributed by atoms with van der Waals surface area (Å²) in [6.45, 7) is 1.79. The largest absolute Gasteiger partial charge is 0.350 e. The number of amides is 1. The maximum Gasteiger partial charge on any atom is 0.290 e. The molecule has 7 nitrogen and oxygen atoms in total. The van der Waals surface area contributed by atoms with Crippen LogP contribution in [-0.4, -0.2) is 21.2 Å². The number of benzene rings is 1. The number of aryl methyl sites for hydroxylation is 1. The Bertz CT molecular complexity index is 885. The van der Waals surface area contributed by atoms with E-state index in [1.807, 2.05) is 30.3 Å². The van der Waals surface area contributed by atoms with Crippen molar-refractivity contribution in [1.82, 2.24) is 20.6 Å². The summed E-state index contributed by atoms with van der Waals surface area (Å²) < 4.78 is 10.6. The van der Waals surface area contributed by atoms with Gasteiger partial charge in [0.2, 0.25) is 17.5 Å². The molecular formula is C18H18N4O3. The Labute approximate surface area is 144 Å². The average molecular weight is 338 g/mol. The Balaban J connectivity index is 1.49. The molecule has 0 radical (unpaired) electrons. The van der Waals surface area contributed by atoms with Crippen molar-refractivity contribution in [2.45, 2.75) is 38.6 Å². The van der Waals surface area contributed by atoms with Crippen LogP contribution in [0.3, 0.4) is 0 Å². The quantitative estimate of drug-likeness (QED) is 0.785. The molecule has 0 unspecified atom stereocenters. The molecule has 0 saturated carbocycles. The molecule has 1 atom stereocenters. The van der Waals surface area contributed by atoms with Crippen molar-refractivity contribution in [3.8, 4) is 11.4 Å². The predicted octanol–water partition coefficient (Wildman–Crippen LogP) is 3.09. The molecule has 1 aromatic carbocycles. The second-order valence-corrected chi connectivity index (χ2v) is 6.16. The molecule has 0 spiro atoms. The van der Waals surface area contributed by atoms with Crippen LogP contribution in [0.5, 0.6) is 0 Å². The van der Waals surface area contributed by atoms with Gasteiger partial charge in [0, 0.05) is 11.1 Å². The third-order valence-electron chi connectivity index (χ3n) is 4.36. The lowest BCUT2D eigenvalue weighted by Crippen LogP contribution is -2.27. The Morgan fingerprint density at radius 1 is 1.12 bits per heavy atom. The molecular weight excluding hydrogens is 320 g/mol. The van der Waals surface area contributed by atoms with E-state index in [0.29, 0.717) is 17.5 Å². The zero-order chi connectivity index (χ0) is 17.2. The van der Waals surface area contributed by atoms with E-state index in [0.717, 1.165) is 42.5 Å². The Morgan fingerprint density at radius 2 is 1.92 bits per heavy atom. The summed E-state index contributed by atoms with van der Waals surface area (Å²) in [6, 6.07) is 9.11. The number of nitrogens with zero attached hydrogens (tertiary/aromatic N) is 3. The topological polar surface area (TPSA) is 94.1 Å². The third kappa shape index (κ3) is 3.05. The van der Waals surface area contributed by atoms with Gasteiger partial charge in [-0.2, -0.15) is 4.98 Å². The average Bonchev–Trinajstić information content (AvgIpc) is 3.30. The molecule has 25 heavy (non-hydrogen) atoms. The summed E-state index contributed by atoms with van der Waals surface area (Å²) in [5.74, 6) is 0.835. The molecule has 1 aliphatic carbocycles. The maximum atomic E-state index is 12.5. The fourth-order valence-electron chi connectivity index (χ4n) is 3.01. The predicted molar refractivity (Wildman–Crippen MR) is 88.8 cm³/mol. The highest BCUT2D eigenvalue weighted by molar-refractivity contribution is 5.93. The number of rotatable bonds is 4. The minimum absolute atomic E-state index is 0.296. The monoisotopic (exact) mass is 338 g/mol. The Hall–Kier alpha value is -2.96. The summed E-state index contributed by atoms with van der Waals surface area (Å²) in [4.78, 5) is 16.9. The molecule has 4 rings (SSSR count). The van der Waals surface area contributed by atoms with Crippen molar-refractivity contribution in [3.05, 3.63) is 53.2 Å². The van der Waals surface area contributed by atoms with Gasteiger partial charge in [-0.1, -0.05) is 40.6 Å². The molecule has 0 fully saturated rings. The van der Waals surface area contributed by atoms with E-state index in [4.69, 9.17) is 9.05 Å². The van der Waals surface area contributed by atoms with E-state index < -0.39 is 6.04 Å². The van der Waals surface area contributed by atoms with Crippen LogP contribution in [0.25, 0.3) is 11.4 Å². The van der Waals surface area contributed by atoms with Crippen LogP contribution in [0.2, 0.25) is 0 Å². The summed E-state index contributed by atoms with van der Waals surface area (Å²) in [7, 11) is 0. The second-order valence-electron chi connectivity index (χ2n) is 6.16. The molecule has 128 valence electrons. The molecule has 1 N–H and O–H groups in total. The minimum atomic E-state index is -0.429. The minimum Gasteiger partial charge on any atom is -0.350 e. The highest BCUT2D eigenvalue weighted by Gasteiger charge is 2.26. The van der Waals surface area contributed by atoms with Crippen molar-refractivity contribution < 1.29 is 13.8 Å². The van der Waals surface area contributed by atoms with Gasteiger partial charge in [-0.15, -0.1) is 0 Å². The van der Waals surface area contributed by atoms with E-state index in [1.54, 1.807) is 6.92 Å². The lowest BCUT2D eigenvalue weighted by atomic mass is 9.96. The number of fused-ring (bicyclic) bond motifs is 1. The van der Waals surface area contributed by atoms with Crippen molar-refractivity contribution >= 4 is 5.91 Å². The van der Waals surface area contributed by atoms with E-state index in [9.17, 15) is 4.79 Å². The Morgan fingerprint density at radius 3 is 2.76 bits per heavy atom. The van der Waals surface area contributed by atoms with Crippen LogP contribution >= 0.6 is 0 Å². The molecule has 2 heterocycles. The highest BCUT2D eigenvalue weighted by atomic mass is 16.5. The molecule has 3 aromatic rings. The Kier molecular flexibility index (Phi) is 4.05. The van der Waals surface area contributed by atoms with Gasteiger partial charge in [0.25, 0.3) is 5.91 Å². The first-order valence-electron chi connectivity index (χ1n) is 8.39. The van der Waals surface area contributed by atoms with Crippen LogP contribution in [-0.2, 0) is 12.8 Å². The molecule has 7 heteroatoms. The number of carbonyl (C=O) groups is 1. The van der Waals surface area contributed by atoms with Gasteiger partial charge < -0.3 is 14.4 Å². The van der Waals surface area contributed by atoms with E-state index in [1.165, 1.54) is 0 Å². The summed E-state index contributed by atoms with van der Waals surface area (Å²) in [5.41, 5.74) is 2.68. The number of hydrogen-bond donors (Lipinski definition) is 1. The molecule has 2 aromatic heterocycles. The molecule has 0 saturated heterocycles. The number of nitrogens with one attached hydrogen (secondary N) is 1. The maximum absolute atomic E-state index is 12.5. The van der Waals surface area contributed by atoms with Crippen LogP contribution in [0.1, 0.15) is 53.5 Å². The van der Waals surface area contributed by atoms with E-state index in [-0.39, 0.29) is 5.91 Å². The smallest absolute Gasteiger partial charge is 0.290 e. The SMILES string of the molecule is C[C@@H](NC(=O)c1onc2c1CCCC2)c1nc(-c2ccccc2)no1. The summed E-state index contributed by atoms with van der Waals surface area (Å²) >= 11 is 0. The van der Waals surface area contributed by atoms with E-state index >= 15 is 0 Å². The van der Waals surface area contributed by atoms with Crippen molar-refractivity contribution in [1.29, 1.82) is 0 Å². The van der Waals surface area contributed by atoms with Crippen LogP contribution in [0.4, 0.5) is 0 Å². The van der Waals surface area contributed by atoms with Crippen molar-refractivity contribution in [2.75, 3.05) is 0 Å². The summed E-state index contributed by atoms with van der Waals surface area (Å²) in [6.07, 6.45) is 3.83. The van der Waals surface area contributed by atoms with Crippen LogP contribution in [0, 0.1) is 0 Å². The summed E-state index contributed by atoms with van der Waals surface area (Å²) in [5, 5.41) is 10.8. The zero-order valence-corrected chi connectivity index (χ0v) is 13.9. The lowest BCUT2D eigenvalue weighted by Gasteiger charge is -2.11. The van der Waals surface area contributed by atoms with Gasteiger partial charge in [0.15, 0.2) is 0 Å². The first-order valence-corrected chi connectivity index (χ1v) is 8.39. The van der Waals surface area contributed by atoms with Gasteiger partial charge >= 0.3 is 0 Å². The van der Waals surface area contributed by atoms with Crippen LogP contribution < -0.4 is 5.32 Å². The fraction of sp³-hybridized carbons (Fsp3) is 0.333. The zero-order valence-electron chi connectivity index (χ0n) is 13.9. The third-order valence-corrected chi connectivity index (χ3v) is 4.36. The van der Waals surface area contributed by atoms with Crippen molar-refractivity contribution in [3.63, 3.8) is 0 Å². The first-order chi connectivity index (χ1) is 12.2. The molecule has 1 amide bonds. The first kappa shape index (κ1) is 15.6. The fourth-order valence-corrected chi connectivity index (χ4v) is 3.01. The van der Waals surface area contributed by atoms with Gasteiger partial charge in [0.05, 0.1) is 5.69 Å². The molecule has 1 aliphatic rings. The van der Waals surface area contributed by atoms with Crippen molar-refractivity contribution in [2.24, 2.45) is 0 Å². The van der Waals surface area contributed by atoms with Crippen LogP contribution in [0.15, 0.2) is 39.4 Å². The second kappa shape index (κ2) is 6.51. The normalized spacial score (nSPS) is 14.8. The van der Waals surface area contributed by atoms with Gasteiger partial charge in [0.1, 0.15) is 6.04 Å². The highest BCUT2D eigenvalue weighted by Crippen LogP contribution is 2.24. The number of aromatic nitrogens is 3. The molecule has 0 bridgehead atoms. The van der Waals surface area contributed by atoms with Gasteiger partial charge in [-0.3, -0.25) is 4.79 Å². The number of carbonyl (C=O) groups excluding carboxylic acids is 1. The van der Waals surface area contributed by atoms with E-state index in [2.05, 4.69) is 20.6 Å². The number of hydrogen-bond acceptors (Lipinski definition) is 6. The molecule has 0 aliphatic heterocycles.